The fourth-order valence-electron chi connectivity index (χ4n) is 2.48. The average Bonchev–Trinajstić information content (AvgIpc) is 2.86. The van der Waals surface area contributed by atoms with Gasteiger partial charge in [0.1, 0.15) is 37.3 Å². The Morgan fingerprint density at radius 2 is 1.81 bits per heavy atom. The van der Waals surface area contributed by atoms with E-state index in [4.69, 9.17) is 10.5 Å². The molecule has 1 aromatic rings. The summed E-state index contributed by atoms with van der Waals surface area (Å²) in [7, 11) is -5.36. The van der Waals surface area contributed by atoms with Crippen LogP contribution in [-0.2, 0) is 27.2 Å². The minimum atomic E-state index is -5.43. The molecule has 0 aromatic carbocycles. The second kappa shape index (κ2) is 11.9. The Hall–Kier alpha value is 0.416. The molecule has 1 aliphatic heterocycles. The Labute approximate surface area is 226 Å². The zero-order valence-corrected chi connectivity index (χ0v) is 22.9. The van der Waals surface area contributed by atoms with Crippen molar-refractivity contribution in [3.05, 3.63) is 22.7 Å². The van der Waals surface area contributed by atoms with E-state index >= 15 is 0 Å². The molecule has 0 bridgehead atoms. The van der Waals surface area contributed by atoms with Crippen molar-refractivity contribution in [2.75, 3.05) is 46.6 Å². The molecular formula is C14H25KN4O11P2. The molecule has 0 saturated carbocycles. The number of phosphoric acid groups is 2. The molecule has 18 heteroatoms. The number of rotatable bonds is 10. The normalized spacial score (nSPS) is 27.3. The Bertz CT molecular complexity index is 927. The van der Waals surface area contributed by atoms with Crippen LogP contribution >= 0.6 is 15.6 Å². The van der Waals surface area contributed by atoms with Gasteiger partial charge in [-0.25, -0.2) is 9.11 Å². The van der Waals surface area contributed by atoms with E-state index < -0.39 is 52.5 Å². The molecule has 1 aromatic heterocycles. The fourth-order valence-corrected chi connectivity index (χ4v) is 4.47. The SMILES string of the molecule is C[N+](C)(C)CCOP(=O)([O-])OP(=O)([O-])OC[C@H]1O[C@@H](n2ccc(N)nc2=O)[C@H](O)[C@@H]1O.[K+]. The Kier molecular flexibility index (Phi) is 11.3. The van der Waals surface area contributed by atoms with E-state index in [9.17, 15) is 33.9 Å². The topological polar surface area (TPSA) is 219 Å². The molecule has 0 spiro atoms. The van der Waals surface area contributed by atoms with Gasteiger partial charge in [0.05, 0.1) is 27.7 Å². The largest absolute Gasteiger partial charge is 1.00 e. The maximum Gasteiger partial charge on any atom is 1.00 e. The number of quaternary nitrogens is 1. The molecule has 2 rings (SSSR count). The van der Waals surface area contributed by atoms with Crippen LogP contribution in [0.1, 0.15) is 6.23 Å². The monoisotopic (exact) mass is 526 g/mol. The Morgan fingerprint density at radius 3 is 2.38 bits per heavy atom. The fraction of sp³-hybridized carbons (Fsp3) is 0.714. The number of phosphoric ester groups is 2. The van der Waals surface area contributed by atoms with Crippen molar-refractivity contribution in [1.82, 2.24) is 9.55 Å². The number of aliphatic hydroxyl groups is 2. The molecule has 0 aliphatic carbocycles. The van der Waals surface area contributed by atoms with Gasteiger partial charge in [-0.3, -0.25) is 13.7 Å². The average molecular weight is 526 g/mol. The Morgan fingerprint density at radius 1 is 1.22 bits per heavy atom. The van der Waals surface area contributed by atoms with Gasteiger partial charge in [-0.15, -0.1) is 0 Å². The maximum absolute atomic E-state index is 11.9. The standard InChI is InChI=1S/C14H26N4O11P2.K/c1-18(2,3)6-7-26-30(22,23)29-31(24,25)27-8-9-11(19)12(20)13(28-9)17-5-4-10(15)16-14(17)21;/h4-5,9,11-13,19-20H,6-8H2,1-3H3,(H3-,15,16,21,22,23,24,25);/q;+1/p-1/t9-,11-,12-,13-;/m1./s1. The number of hydrogen-bond donors (Lipinski definition) is 3. The molecule has 178 valence electrons. The third-order valence-corrected chi connectivity index (χ3v) is 6.64. The van der Waals surface area contributed by atoms with Crippen LogP contribution in [0.15, 0.2) is 17.1 Å². The molecular weight excluding hydrogens is 501 g/mol. The van der Waals surface area contributed by atoms with Gasteiger partial charge in [-0.05, 0) is 6.07 Å². The summed E-state index contributed by atoms with van der Waals surface area (Å²) in [6.45, 7) is -0.987. The van der Waals surface area contributed by atoms with Gasteiger partial charge >= 0.3 is 57.1 Å². The van der Waals surface area contributed by atoms with Crippen molar-refractivity contribution >= 4 is 21.5 Å². The second-order valence-corrected chi connectivity index (χ2v) is 10.7. The first-order valence-corrected chi connectivity index (χ1v) is 11.8. The molecule has 4 N–H and O–H groups in total. The molecule has 2 heterocycles. The number of ether oxygens (including phenoxy) is 1. The second-order valence-electron chi connectivity index (χ2n) is 7.71. The van der Waals surface area contributed by atoms with Crippen molar-refractivity contribution in [3.8, 4) is 0 Å². The molecule has 2 unspecified atom stereocenters. The zero-order chi connectivity index (χ0) is 23.6. The molecule has 6 atom stereocenters. The maximum atomic E-state index is 11.9. The number of nitrogens with zero attached hydrogens (tertiary/aromatic N) is 3. The number of aliphatic hydroxyl groups excluding tert-OH is 2. The number of aromatic nitrogens is 2. The summed E-state index contributed by atoms with van der Waals surface area (Å²) in [6, 6.07) is 1.25. The molecule has 1 saturated heterocycles. The van der Waals surface area contributed by atoms with Crippen molar-refractivity contribution < 1.29 is 103 Å². The Balaban J connectivity index is 0.00000512. The summed E-state index contributed by atoms with van der Waals surface area (Å²) in [4.78, 5) is 38.9. The first-order valence-electron chi connectivity index (χ1n) is 8.89. The first kappa shape index (κ1) is 30.4. The van der Waals surface area contributed by atoms with E-state index in [1.807, 2.05) is 0 Å². The van der Waals surface area contributed by atoms with Gasteiger partial charge in [0.2, 0.25) is 0 Å². The van der Waals surface area contributed by atoms with E-state index in [1.54, 1.807) is 21.1 Å². The van der Waals surface area contributed by atoms with Crippen LogP contribution in [0.25, 0.3) is 0 Å². The van der Waals surface area contributed by atoms with E-state index in [2.05, 4.69) is 18.3 Å². The third kappa shape index (κ3) is 9.22. The van der Waals surface area contributed by atoms with Crippen molar-refractivity contribution in [1.29, 1.82) is 0 Å². The van der Waals surface area contributed by atoms with E-state index in [0.29, 0.717) is 4.48 Å². The predicted molar refractivity (Wildman–Crippen MR) is 99.9 cm³/mol. The van der Waals surface area contributed by atoms with Crippen LogP contribution in [0.4, 0.5) is 5.82 Å². The van der Waals surface area contributed by atoms with Crippen molar-refractivity contribution in [2.45, 2.75) is 24.5 Å². The van der Waals surface area contributed by atoms with Gasteiger partial charge in [0, 0.05) is 6.20 Å². The van der Waals surface area contributed by atoms with Crippen LogP contribution in [0.2, 0.25) is 0 Å². The molecule has 15 nitrogen and oxygen atoms in total. The molecule has 1 fully saturated rings. The molecule has 1 aliphatic rings. The zero-order valence-electron chi connectivity index (χ0n) is 18.0. The van der Waals surface area contributed by atoms with Crippen LogP contribution in [-0.4, -0.2) is 83.5 Å². The minimum Gasteiger partial charge on any atom is -0.756 e. The predicted octanol–water partition coefficient (Wildman–Crippen LogP) is -5.86. The smallest absolute Gasteiger partial charge is 0.756 e. The molecule has 0 amide bonds. The first-order chi connectivity index (χ1) is 14.1. The summed E-state index contributed by atoms with van der Waals surface area (Å²) < 4.78 is 42.9. The van der Waals surface area contributed by atoms with Gasteiger partial charge in [0.15, 0.2) is 6.23 Å². The van der Waals surface area contributed by atoms with Crippen molar-refractivity contribution in [2.24, 2.45) is 0 Å². The van der Waals surface area contributed by atoms with Crippen LogP contribution in [0, 0.1) is 0 Å². The molecule has 0 radical (unpaired) electrons. The number of likely N-dealkylation sites (N-methyl/N-ethyl adjacent to an activating group) is 1. The number of nitrogen functional groups attached to an aromatic ring is 1. The van der Waals surface area contributed by atoms with Gasteiger partial charge in [-0.1, -0.05) is 0 Å². The molecule has 32 heavy (non-hydrogen) atoms. The summed E-state index contributed by atoms with van der Waals surface area (Å²) in [5.41, 5.74) is 4.50. The minimum absolute atomic E-state index is 0. The number of nitrogens with two attached hydrogens (primary N) is 1. The van der Waals surface area contributed by atoms with Gasteiger partial charge in [0.25, 0.3) is 15.6 Å². The van der Waals surface area contributed by atoms with Crippen LogP contribution < -0.4 is 72.6 Å². The third-order valence-electron chi connectivity index (χ3n) is 4.07. The van der Waals surface area contributed by atoms with Gasteiger partial charge < -0.3 is 44.0 Å². The van der Waals surface area contributed by atoms with Gasteiger partial charge in [-0.2, -0.15) is 4.98 Å². The van der Waals surface area contributed by atoms with Crippen LogP contribution in [0.5, 0.6) is 0 Å². The number of anilines is 1. The van der Waals surface area contributed by atoms with Crippen molar-refractivity contribution in [3.63, 3.8) is 0 Å². The summed E-state index contributed by atoms with van der Waals surface area (Å²) in [6.07, 6.45) is -5.01. The van der Waals surface area contributed by atoms with E-state index in [-0.39, 0.29) is 70.4 Å². The summed E-state index contributed by atoms with van der Waals surface area (Å²) in [5.74, 6) is -0.0793. The summed E-state index contributed by atoms with van der Waals surface area (Å²) >= 11 is 0. The van der Waals surface area contributed by atoms with Crippen LogP contribution in [0.3, 0.4) is 0 Å². The quantitative estimate of drug-likeness (QED) is 0.147. The van der Waals surface area contributed by atoms with E-state index in [1.165, 1.54) is 6.07 Å². The summed E-state index contributed by atoms with van der Waals surface area (Å²) in [5, 5.41) is 20.2. The van der Waals surface area contributed by atoms with E-state index in [0.717, 1.165) is 10.8 Å². The number of hydrogen-bond acceptors (Lipinski definition) is 13.